The van der Waals surface area contributed by atoms with Crippen molar-refractivity contribution in [1.29, 1.82) is 0 Å². The van der Waals surface area contributed by atoms with Gasteiger partial charge >= 0.3 is 0 Å². The van der Waals surface area contributed by atoms with Crippen LogP contribution in [0.1, 0.15) is 30.9 Å². The van der Waals surface area contributed by atoms with Crippen LogP contribution in [0.15, 0.2) is 52.3 Å². The molecule has 0 saturated carbocycles. The molecule has 1 fully saturated rings. The molecular weight excluding hydrogens is 458 g/mol. The SMILES string of the molecule is CSc1ccc(CCNC(=O)[C@@H]2Cc3cc(S(=O)(=O)N4CCCC4)ccc3N2C(C)=O)cc1. The Morgan fingerprint density at radius 2 is 1.79 bits per heavy atom. The molecule has 2 aliphatic rings. The normalized spacial score (nSPS) is 18.4. The van der Waals surface area contributed by atoms with Crippen molar-refractivity contribution in [1.82, 2.24) is 9.62 Å². The smallest absolute Gasteiger partial charge is 0.243 e. The van der Waals surface area contributed by atoms with Gasteiger partial charge in [-0.25, -0.2) is 8.42 Å². The summed E-state index contributed by atoms with van der Waals surface area (Å²) in [6.07, 6.45) is 4.75. The van der Waals surface area contributed by atoms with Crippen LogP contribution >= 0.6 is 11.8 Å². The Labute approximate surface area is 199 Å². The average Bonchev–Trinajstić information content (AvgIpc) is 3.47. The van der Waals surface area contributed by atoms with E-state index in [2.05, 4.69) is 17.4 Å². The van der Waals surface area contributed by atoms with Crippen LogP contribution in [0.5, 0.6) is 0 Å². The fourth-order valence-electron chi connectivity index (χ4n) is 4.50. The lowest BCUT2D eigenvalue weighted by atomic mass is 10.1. The summed E-state index contributed by atoms with van der Waals surface area (Å²) in [6.45, 7) is 2.95. The first-order chi connectivity index (χ1) is 15.8. The highest BCUT2D eigenvalue weighted by atomic mass is 32.2. The maximum Gasteiger partial charge on any atom is 0.243 e. The molecule has 9 heteroatoms. The molecule has 4 rings (SSSR count). The molecule has 2 amide bonds. The first-order valence-corrected chi connectivity index (χ1v) is 13.8. The number of nitrogens with one attached hydrogen (secondary N) is 1. The van der Waals surface area contributed by atoms with E-state index >= 15 is 0 Å². The third kappa shape index (κ3) is 4.95. The quantitative estimate of drug-likeness (QED) is 0.607. The molecule has 0 aromatic heterocycles. The van der Waals surface area contributed by atoms with Crippen LogP contribution in [0.4, 0.5) is 5.69 Å². The van der Waals surface area contributed by atoms with Crippen LogP contribution in [0.25, 0.3) is 0 Å². The van der Waals surface area contributed by atoms with Crippen molar-refractivity contribution in [2.45, 2.75) is 48.4 Å². The first-order valence-electron chi connectivity index (χ1n) is 11.1. The van der Waals surface area contributed by atoms with E-state index in [0.29, 0.717) is 43.7 Å². The van der Waals surface area contributed by atoms with E-state index in [1.165, 1.54) is 21.0 Å². The predicted octanol–water partition coefficient (Wildman–Crippen LogP) is 2.83. The van der Waals surface area contributed by atoms with Crippen molar-refractivity contribution in [2.24, 2.45) is 0 Å². The average molecular weight is 488 g/mol. The lowest BCUT2D eigenvalue weighted by Gasteiger charge is -2.23. The van der Waals surface area contributed by atoms with E-state index in [4.69, 9.17) is 0 Å². The molecule has 2 aromatic rings. The Morgan fingerprint density at radius 1 is 1.09 bits per heavy atom. The van der Waals surface area contributed by atoms with Crippen LogP contribution in [0.2, 0.25) is 0 Å². The van der Waals surface area contributed by atoms with E-state index in [0.717, 1.165) is 18.4 Å². The van der Waals surface area contributed by atoms with Crippen molar-refractivity contribution in [3.05, 3.63) is 53.6 Å². The third-order valence-corrected chi connectivity index (χ3v) is 8.89. The lowest BCUT2D eigenvalue weighted by molar-refractivity contribution is -0.125. The Balaban J connectivity index is 1.46. The molecule has 1 atom stereocenters. The summed E-state index contributed by atoms with van der Waals surface area (Å²) in [5, 5.41) is 2.95. The summed E-state index contributed by atoms with van der Waals surface area (Å²) in [7, 11) is -3.56. The zero-order valence-corrected chi connectivity index (χ0v) is 20.5. The van der Waals surface area contributed by atoms with Gasteiger partial charge in [-0.3, -0.25) is 14.5 Å². The molecule has 33 heavy (non-hydrogen) atoms. The number of amides is 2. The number of carbonyl (C=O) groups is 2. The molecule has 1 N–H and O–H groups in total. The van der Waals surface area contributed by atoms with Gasteiger partial charge in [0.2, 0.25) is 21.8 Å². The summed E-state index contributed by atoms with van der Waals surface area (Å²) >= 11 is 1.68. The van der Waals surface area contributed by atoms with E-state index in [-0.39, 0.29) is 16.7 Å². The second-order valence-electron chi connectivity index (χ2n) is 8.40. The van der Waals surface area contributed by atoms with Gasteiger partial charge in [-0.1, -0.05) is 12.1 Å². The van der Waals surface area contributed by atoms with Crippen molar-refractivity contribution < 1.29 is 18.0 Å². The van der Waals surface area contributed by atoms with Crippen LogP contribution in [-0.2, 0) is 32.5 Å². The molecule has 2 aliphatic heterocycles. The van der Waals surface area contributed by atoms with Gasteiger partial charge in [0.25, 0.3) is 0 Å². The molecule has 176 valence electrons. The van der Waals surface area contributed by atoms with Gasteiger partial charge in [-0.05, 0) is 67.0 Å². The highest BCUT2D eigenvalue weighted by Gasteiger charge is 2.38. The van der Waals surface area contributed by atoms with Crippen molar-refractivity contribution in [3.8, 4) is 0 Å². The maximum absolute atomic E-state index is 13.0. The fraction of sp³-hybridized carbons (Fsp3) is 0.417. The molecule has 2 aromatic carbocycles. The van der Waals surface area contributed by atoms with Gasteiger partial charge in [0.05, 0.1) is 4.90 Å². The number of rotatable bonds is 7. The minimum absolute atomic E-state index is 0.224. The second-order valence-corrected chi connectivity index (χ2v) is 11.2. The highest BCUT2D eigenvalue weighted by Crippen LogP contribution is 2.35. The summed E-state index contributed by atoms with van der Waals surface area (Å²) < 4.78 is 27.4. The number of fused-ring (bicyclic) bond motifs is 1. The van der Waals surface area contributed by atoms with Crippen LogP contribution in [0.3, 0.4) is 0 Å². The van der Waals surface area contributed by atoms with Gasteiger partial charge in [0, 0.05) is 43.6 Å². The van der Waals surface area contributed by atoms with Crippen LogP contribution in [-0.4, -0.2) is 56.5 Å². The van der Waals surface area contributed by atoms with Crippen LogP contribution in [0, 0.1) is 0 Å². The number of thioether (sulfide) groups is 1. The van der Waals surface area contributed by atoms with Crippen LogP contribution < -0.4 is 10.2 Å². The summed E-state index contributed by atoms with van der Waals surface area (Å²) in [4.78, 5) is 28.3. The molecule has 0 aliphatic carbocycles. The van der Waals surface area contributed by atoms with Gasteiger partial charge in [-0.2, -0.15) is 4.31 Å². The summed E-state index contributed by atoms with van der Waals surface area (Å²) in [5.41, 5.74) is 2.44. The van der Waals surface area contributed by atoms with Crippen molar-refractivity contribution >= 4 is 39.3 Å². The highest BCUT2D eigenvalue weighted by molar-refractivity contribution is 7.98. The monoisotopic (exact) mass is 487 g/mol. The van der Waals surface area contributed by atoms with Gasteiger partial charge in [-0.15, -0.1) is 11.8 Å². The Kier molecular flexibility index (Phi) is 7.11. The molecule has 1 saturated heterocycles. The van der Waals surface area contributed by atoms with E-state index in [9.17, 15) is 18.0 Å². The predicted molar refractivity (Wildman–Crippen MR) is 130 cm³/mol. The molecule has 7 nitrogen and oxygen atoms in total. The second kappa shape index (κ2) is 9.87. The number of sulfonamides is 1. The largest absolute Gasteiger partial charge is 0.354 e. The molecule has 0 bridgehead atoms. The minimum atomic E-state index is -3.56. The van der Waals surface area contributed by atoms with Gasteiger partial charge in [0.15, 0.2) is 0 Å². The standard InChI is InChI=1S/C24H29N3O4S2/c1-17(28)27-22-10-9-21(33(30,31)26-13-3-4-14-26)15-19(22)16-23(27)24(29)25-12-11-18-5-7-20(32-2)8-6-18/h5-10,15,23H,3-4,11-14,16H2,1-2H3,(H,25,29)/t23-/m0/s1. The van der Waals surface area contributed by atoms with E-state index < -0.39 is 16.1 Å². The Bertz CT molecular complexity index is 1140. The fourth-order valence-corrected chi connectivity index (χ4v) is 6.48. The zero-order chi connectivity index (χ0) is 23.6. The number of carbonyl (C=O) groups excluding carboxylic acids is 2. The number of nitrogens with zero attached hydrogens (tertiary/aromatic N) is 2. The molecular formula is C24H29N3O4S2. The van der Waals surface area contributed by atoms with Gasteiger partial charge < -0.3 is 5.32 Å². The lowest BCUT2D eigenvalue weighted by Crippen LogP contribution is -2.47. The summed E-state index contributed by atoms with van der Waals surface area (Å²) in [6, 6.07) is 12.4. The number of benzene rings is 2. The molecule has 0 spiro atoms. The van der Waals surface area contributed by atoms with Crippen molar-refractivity contribution in [3.63, 3.8) is 0 Å². The molecule has 0 unspecified atom stereocenters. The minimum Gasteiger partial charge on any atom is -0.354 e. The van der Waals surface area contributed by atoms with E-state index in [1.54, 1.807) is 30.0 Å². The zero-order valence-electron chi connectivity index (χ0n) is 18.9. The first kappa shape index (κ1) is 23.8. The molecule has 2 heterocycles. The van der Waals surface area contributed by atoms with E-state index in [1.807, 2.05) is 18.4 Å². The Morgan fingerprint density at radius 3 is 2.42 bits per heavy atom. The number of anilines is 1. The number of hydrogen-bond acceptors (Lipinski definition) is 5. The maximum atomic E-state index is 13.0. The Hall–Kier alpha value is -2.36. The number of hydrogen-bond donors (Lipinski definition) is 1. The topological polar surface area (TPSA) is 86.8 Å². The summed E-state index contributed by atoms with van der Waals surface area (Å²) in [5.74, 6) is -0.470. The molecule has 0 radical (unpaired) electrons. The third-order valence-electron chi connectivity index (χ3n) is 6.25. The van der Waals surface area contributed by atoms with Crippen molar-refractivity contribution in [2.75, 3.05) is 30.8 Å². The van der Waals surface area contributed by atoms with Gasteiger partial charge in [0.1, 0.15) is 6.04 Å².